The Morgan fingerprint density at radius 2 is 2.00 bits per heavy atom. The molecule has 0 fully saturated rings. The van der Waals surface area contributed by atoms with Crippen LogP contribution in [0.4, 0.5) is 0 Å². The number of methoxy groups -OCH3 is 1. The van der Waals surface area contributed by atoms with E-state index in [0.717, 1.165) is 11.3 Å². The molecule has 0 unspecified atom stereocenters. The Morgan fingerprint density at radius 1 is 1.38 bits per heavy atom. The lowest BCUT2D eigenvalue weighted by molar-refractivity contribution is -0.122. The first kappa shape index (κ1) is 12.5. The minimum absolute atomic E-state index is 0.00156. The summed E-state index contributed by atoms with van der Waals surface area (Å²) in [6.07, 6.45) is 0. The molecular formula is C12H18N2O2. The largest absolute Gasteiger partial charge is 0.497 e. The second kappa shape index (κ2) is 6.12. The molecule has 0 spiro atoms. The summed E-state index contributed by atoms with van der Waals surface area (Å²) < 4.78 is 5.05. The summed E-state index contributed by atoms with van der Waals surface area (Å²) in [4.78, 5) is 11.5. The molecule has 4 heteroatoms. The van der Waals surface area contributed by atoms with Crippen LogP contribution >= 0.6 is 0 Å². The van der Waals surface area contributed by atoms with E-state index in [2.05, 4.69) is 10.6 Å². The van der Waals surface area contributed by atoms with Gasteiger partial charge in [-0.05, 0) is 31.7 Å². The van der Waals surface area contributed by atoms with Crippen LogP contribution in [0.1, 0.15) is 12.5 Å². The van der Waals surface area contributed by atoms with Crippen LogP contribution in [0.3, 0.4) is 0 Å². The van der Waals surface area contributed by atoms with E-state index < -0.39 is 0 Å². The Morgan fingerprint density at radius 3 is 2.50 bits per heavy atom. The number of hydrogen-bond acceptors (Lipinski definition) is 3. The fraction of sp³-hybridized carbons (Fsp3) is 0.417. The first-order chi connectivity index (χ1) is 7.67. The summed E-state index contributed by atoms with van der Waals surface area (Å²) in [5.74, 6) is 0.817. The third-order valence-electron chi connectivity index (χ3n) is 2.45. The van der Waals surface area contributed by atoms with Gasteiger partial charge in [0.15, 0.2) is 0 Å². The zero-order valence-corrected chi connectivity index (χ0v) is 9.91. The molecule has 0 bridgehead atoms. The van der Waals surface area contributed by atoms with Crippen LogP contribution in [0, 0.1) is 0 Å². The van der Waals surface area contributed by atoms with Gasteiger partial charge in [-0.2, -0.15) is 0 Å². The van der Waals surface area contributed by atoms with Crippen LogP contribution in [-0.2, 0) is 11.3 Å². The maximum Gasteiger partial charge on any atom is 0.237 e. The third-order valence-corrected chi connectivity index (χ3v) is 2.45. The molecule has 0 saturated heterocycles. The van der Waals surface area contributed by atoms with E-state index in [1.807, 2.05) is 31.2 Å². The van der Waals surface area contributed by atoms with Gasteiger partial charge in [0, 0.05) is 6.54 Å². The normalized spacial score (nSPS) is 11.9. The number of hydrogen-bond donors (Lipinski definition) is 2. The minimum Gasteiger partial charge on any atom is -0.497 e. The van der Waals surface area contributed by atoms with Crippen molar-refractivity contribution in [2.45, 2.75) is 19.5 Å². The Hall–Kier alpha value is -1.55. The van der Waals surface area contributed by atoms with Crippen LogP contribution in [0.2, 0.25) is 0 Å². The molecule has 1 aromatic carbocycles. The summed E-state index contributed by atoms with van der Waals surface area (Å²) in [5, 5.41) is 5.73. The number of amides is 1. The fourth-order valence-corrected chi connectivity index (χ4v) is 1.22. The van der Waals surface area contributed by atoms with Gasteiger partial charge in [0.2, 0.25) is 5.91 Å². The van der Waals surface area contributed by atoms with Crippen molar-refractivity contribution in [3.8, 4) is 5.75 Å². The topological polar surface area (TPSA) is 50.4 Å². The van der Waals surface area contributed by atoms with Gasteiger partial charge >= 0.3 is 0 Å². The molecule has 1 atom stereocenters. The number of carbonyl (C=O) groups is 1. The lowest BCUT2D eigenvalue weighted by Crippen LogP contribution is -2.39. The number of carbonyl (C=O) groups excluding carboxylic acids is 1. The second-order valence-electron chi connectivity index (χ2n) is 3.58. The molecule has 0 aliphatic rings. The van der Waals surface area contributed by atoms with Gasteiger partial charge in [0.1, 0.15) is 5.75 Å². The van der Waals surface area contributed by atoms with E-state index in [1.165, 1.54) is 0 Å². The Kier molecular flexibility index (Phi) is 4.79. The van der Waals surface area contributed by atoms with Gasteiger partial charge in [-0.3, -0.25) is 4.79 Å². The predicted octanol–water partition coefficient (Wildman–Crippen LogP) is 0.919. The minimum atomic E-state index is -0.168. The highest BCUT2D eigenvalue weighted by Crippen LogP contribution is 2.10. The lowest BCUT2D eigenvalue weighted by Gasteiger charge is -2.11. The molecule has 0 saturated carbocycles. The average molecular weight is 222 g/mol. The summed E-state index contributed by atoms with van der Waals surface area (Å²) >= 11 is 0. The van der Waals surface area contributed by atoms with Crippen molar-refractivity contribution in [2.75, 3.05) is 14.2 Å². The molecule has 0 aliphatic heterocycles. The molecule has 88 valence electrons. The zero-order chi connectivity index (χ0) is 12.0. The van der Waals surface area contributed by atoms with Gasteiger partial charge in [-0.15, -0.1) is 0 Å². The molecule has 1 amide bonds. The van der Waals surface area contributed by atoms with Gasteiger partial charge in [-0.25, -0.2) is 0 Å². The third kappa shape index (κ3) is 3.55. The Balaban J connectivity index is 2.45. The molecule has 0 aromatic heterocycles. The van der Waals surface area contributed by atoms with Gasteiger partial charge in [-0.1, -0.05) is 12.1 Å². The fourth-order valence-electron chi connectivity index (χ4n) is 1.22. The smallest absolute Gasteiger partial charge is 0.237 e. The second-order valence-corrected chi connectivity index (χ2v) is 3.58. The molecule has 2 N–H and O–H groups in total. The summed E-state index contributed by atoms with van der Waals surface area (Å²) in [6, 6.07) is 7.46. The van der Waals surface area contributed by atoms with E-state index >= 15 is 0 Å². The highest BCUT2D eigenvalue weighted by atomic mass is 16.5. The molecule has 1 rings (SSSR count). The monoisotopic (exact) mass is 222 g/mol. The Bertz CT molecular complexity index is 335. The van der Waals surface area contributed by atoms with E-state index in [0.29, 0.717) is 6.54 Å². The maximum atomic E-state index is 11.5. The van der Waals surface area contributed by atoms with Crippen molar-refractivity contribution in [1.29, 1.82) is 0 Å². The van der Waals surface area contributed by atoms with Crippen LogP contribution < -0.4 is 15.4 Å². The van der Waals surface area contributed by atoms with Crippen LogP contribution in [0.15, 0.2) is 24.3 Å². The quantitative estimate of drug-likeness (QED) is 0.779. The van der Waals surface area contributed by atoms with Gasteiger partial charge in [0.25, 0.3) is 0 Å². The van der Waals surface area contributed by atoms with E-state index in [4.69, 9.17) is 4.74 Å². The maximum absolute atomic E-state index is 11.5. The average Bonchev–Trinajstić information content (AvgIpc) is 2.35. The highest BCUT2D eigenvalue weighted by molar-refractivity contribution is 5.81. The van der Waals surface area contributed by atoms with Crippen molar-refractivity contribution in [3.63, 3.8) is 0 Å². The molecule has 4 nitrogen and oxygen atoms in total. The molecule has 1 aromatic rings. The Labute approximate surface area is 96.0 Å². The van der Waals surface area contributed by atoms with E-state index in [1.54, 1.807) is 14.2 Å². The predicted molar refractivity (Wildman–Crippen MR) is 63.4 cm³/mol. The highest BCUT2D eigenvalue weighted by Gasteiger charge is 2.08. The van der Waals surface area contributed by atoms with E-state index in [-0.39, 0.29) is 11.9 Å². The summed E-state index contributed by atoms with van der Waals surface area (Å²) in [6.45, 7) is 2.36. The van der Waals surface area contributed by atoms with Crippen molar-refractivity contribution >= 4 is 5.91 Å². The summed E-state index contributed by atoms with van der Waals surface area (Å²) in [5.41, 5.74) is 1.05. The van der Waals surface area contributed by atoms with Crippen LogP contribution in [0.25, 0.3) is 0 Å². The summed E-state index contributed by atoms with van der Waals surface area (Å²) in [7, 11) is 3.39. The van der Waals surface area contributed by atoms with Gasteiger partial charge in [0.05, 0.1) is 13.2 Å². The van der Waals surface area contributed by atoms with Crippen LogP contribution in [0.5, 0.6) is 5.75 Å². The van der Waals surface area contributed by atoms with E-state index in [9.17, 15) is 4.79 Å². The number of ether oxygens (including phenoxy) is 1. The lowest BCUT2D eigenvalue weighted by atomic mass is 10.2. The zero-order valence-electron chi connectivity index (χ0n) is 9.91. The SMILES string of the molecule is CN[C@H](C)C(=O)NCc1ccc(OC)cc1. The molecule has 0 heterocycles. The van der Waals surface area contributed by atoms with Crippen molar-refractivity contribution in [2.24, 2.45) is 0 Å². The first-order valence-electron chi connectivity index (χ1n) is 5.25. The molecule has 0 radical (unpaired) electrons. The van der Waals surface area contributed by atoms with Crippen molar-refractivity contribution in [1.82, 2.24) is 10.6 Å². The number of nitrogens with one attached hydrogen (secondary N) is 2. The van der Waals surface area contributed by atoms with Crippen molar-refractivity contribution < 1.29 is 9.53 Å². The number of likely N-dealkylation sites (N-methyl/N-ethyl adjacent to an activating group) is 1. The molecule has 16 heavy (non-hydrogen) atoms. The van der Waals surface area contributed by atoms with Gasteiger partial charge < -0.3 is 15.4 Å². The number of rotatable bonds is 5. The first-order valence-corrected chi connectivity index (χ1v) is 5.25. The van der Waals surface area contributed by atoms with Crippen molar-refractivity contribution in [3.05, 3.63) is 29.8 Å². The molecular weight excluding hydrogens is 204 g/mol. The van der Waals surface area contributed by atoms with Crippen LogP contribution in [-0.4, -0.2) is 26.1 Å². The number of benzene rings is 1. The standard InChI is InChI=1S/C12H18N2O2/c1-9(13-2)12(15)14-8-10-4-6-11(16-3)7-5-10/h4-7,9,13H,8H2,1-3H3,(H,14,15)/t9-/m1/s1. The molecule has 0 aliphatic carbocycles.